The van der Waals surface area contributed by atoms with Gasteiger partial charge in [-0.05, 0) is 50.3 Å². The molecule has 1 aliphatic rings. The van der Waals surface area contributed by atoms with Crippen LogP contribution in [-0.4, -0.2) is 62.0 Å². The van der Waals surface area contributed by atoms with Crippen molar-refractivity contribution >= 4 is 39.0 Å². The van der Waals surface area contributed by atoms with E-state index in [2.05, 4.69) is 5.32 Å². The van der Waals surface area contributed by atoms with Crippen LogP contribution in [0.3, 0.4) is 0 Å². The van der Waals surface area contributed by atoms with Gasteiger partial charge in [-0.1, -0.05) is 0 Å². The molecule has 0 aliphatic carbocycles. The third-order valence-corrected chi connectivity index (χ3v) is 7.23. The maximum Gasteiger partial charge on any atom is 0.342 e. The largest absolute Gasteiger partial charge is 0.465 e. The first-order valence-corrected chi connectivity index (χ1v) is 11.0. The van der Waals surface area contributed by atoms with Gasteiger partial charge in [-0.15, -0.1) is 0 Å². The highest BCUT2D eigenvalue weighted by molar-refractivity contribution is 7.89. The second-order valence-corrected chi connectivity index (χ2v) is 9.00. The lowest BCUT2D eigenvalue weighted by Crippen LogP contribution is -2.51. The lowest BCUT2D eigenvalue weighted by Gasteiger charge is -2.35. The number of furan rings is 1. The summed E-state index contributed by atoms with van der Waals surface area (Å²) in [6.07, 6.45) is 0. The normalized spacial score (nSPS) is 15.1. The maximum absolute atomic E-state index is 13.2. The van der Waals surface area contributed by atoms with E-state index in [1.54, 1.807) is 12.1 Å². The van der Waals surface area contributed by atoms with Gasteiger partial charge in [-0.25, -0.2) is 17.6 Å². The van der Waals surface area contributed by atoms with E-state index in [0.717, 1.165) is 0 Å². The number of piperazine rings is 1. The molecular weight excluding hydrogens is 433 g/mol. The number of ether oxygens (including phenoxy) is 1. The Balaban J connectivity index is 1.72. The number of hydrogen-bond acceptors (Lipinski definition) is 6. The Bertz CT molecular complexity index is 1060. The molecular formula is C19H22FN3O5S2. The number of nitrogens with zero attached hydrogens (tertiary/aromatic N) is 2. The fourth-order valence-corrected chi connectivity index (χ4v) is 5.40. The van der Waals surface area contributed by atoms with Crippen molar-refractivity contribution < 1.29 is 26.8 Å². The molecule has 0 unspecified atom stereocenters. The Morgan fingerprint density at radius 3 is 2.30 bits per heavy atom. The van der Waals surface area contributed by atoms with E-state index in [9.17, 15) is 17.6 Å². The van der Waals surface area contributed by atoms with Gasteiger partial charge < -0.3 is 19.4 Å². The van der Waals surface area contributed by atoms with Crippen LogP contribution in [0, 0.1) is 19.7 Å². The van der Waals surface area contributed by atoms with Gasteiger partial charge in [0.1, 0.15) is 27.8 Å². The first-order valence-electron chi connectivity index (χ1n) is 9.15. The zero-order valence-corrected chi connectivity index (χ0v) is 18.4. The molecule has 8 nitrogen and oxygen atoms in total. The Labute approximate surface area is 179 Å². The van der Waals surface area contributed by atoms with Crippen molar-refractivity contribution in [2.75, 3.05) is 38.6 Å². The van der Waals surface area contributed by atoms with Gasteiger partial charge in [-0.3, -0.25) is 0 Å². The topological polar surface area (TPSA) is 92.1 Å². The van der Waals surface area contributed by atoms with E-state index >= 15 is 0 Å². The van der Waals surface area contributed by atoms with Crippen LogP contribution in [-0.2, 0) is 14.8 Å². The highest BCUT2D eigenvalue weighted by Crippen LogP contribution is 2.30. The third-order valence-electron chi connectivity index (χ3n) is 4.81. The smallest absolute Gasteiger partial charge is 0.342 e. The monoisotopic (exact) mass is 455 g/mol. The molecule has 2 heterocycles. The van der Waals surface area contributed by atoms with Crippen molar-refractivity contribution in [2.24, 2.45) is 0 Å². The molecule has 1 aromatic heterocycles. The number of halogens is 1. The molecule has 0 radical (unpaired) electrons. The number of anilines is 1. The van der Waals surface area contributed by atoms with Crippen molar-refractivity contribution in [2.45, 2.75) is 18.7 Å². The molecule has 3 rings (SSSR count). The third kappa shape index (κ3) is 4.32. The Kier molecular flexibility index (Phi) is 6.44. The fourth-order valence-electron chi connectivity index (χ4n) is 3.31. The molecule has 162 valence electrons. The molecule has 0 amide bonds. The van der Waals surface area contributed by atoms with Crippen LogP contribution in [0.5, 0.6) is 0 Å². The van der Waals surface area contributed by atoms with E-state index in [0.29, 0.717) is 23.9 Å². The molecule has 2 aromatic rings. The van der Waals surface area contributed by atoms with Crippen LogP contribution in [0.2, 0.25) is 0 Å². The number of carbonyl (C=O) groups excluding carboxylic acids is 1. The lowest BCUT2D eigenvalue weighted by atomic mass is 10.2. The fraction of sp³-hybridized carbons (Fsp3) is 0.368. The van der Waals surface area contributed by atoms with Crippen LogP contribution < -0.4 is 5.32 Å². The number of nitrogens with one attached hydrogen (secondary N) is 1. The number of benzene rings is 1. The minimum Gasteiger partial charge on any atom is -0.465 e. The number of thiocarbonyl (C=S) groups is 1. The molecule has 1 aromatic carbocycles. The maximum atomic E-state index is 13.2. The summed E-state index contributed by atoms with van der Waals surface area (Å²) in [7, 11) is -2.77. The van der Waals surface area contributed by atoms with Gasteiger partial charge in [0.2, 0.25) is 10.0 Å². The molecule has 1 saturated heterocycles. The van der Waals surface area contributed by atoms with E-state index in [1.807, 2.05) is 4.90 Å². The second-order valence-electron chi connectivity index (χ2n) is 6.74. The number of sulfonamides is 1. The molecule has 0 bridgehead atoms. The van der Waals surface area contributed by atoms with Gasteiger partial charge in [0.05, 0.1) is 7.11 Å². The molecule has 0 atom stereocenters. The summed E-state index contributed by atoms with van der Waals surface area (Å²) < 4.78 is 50.9. The summed E-state index contributed by atoms with van der Waals surface area (Å²) in [6, 6.07) is 5.79. The molecule has 11 heteroatoms. The quantitative estimate of drug-likeness (QED) is 0.556. The van der Waals surface area contributed by atoms with Crippen LogP contribution >= 0.6 is 12.2 Å². The highest BCUT2D eigenvalue weighted by atomic mass is 32.2. The number of carbonyl (C=O) groups is 1. The molecule has 30 heavy (non-hydrogen) atoms. The van der Waals surface area contributed by atoms with E-state index in [4.69, 9.17) is 21.4 Å². The predicted octanol–water partition coefficient (Wildman–Crippen LogP) is 2.53. The summed E-state index contributed by atoms with van der Waals surface area (Å²) >= 11 is 5.39. The Hall–Kier alpha value is -2.50. The minimum atomic E-state index is -3.96. The number of methoxy groups -OCH3 is 1. The zero-order chi connectivity index (χ0) is 22.1. The summed E-state index contributed by atoms with van der Waals surface area (Å²) in [4.78, 5) is 13.8. The number of aryl methyl sites for hydroxylation is 2. The molecule has 0 saturated carbocycles. The van der Waals surface area contributed by atoms with Crippen molar-refractivity contribution in [3.63, 3.8) is 0 Å². The second kappa shape index (κ2) is 8.70. The summed E-state index contributed by atoms with van der Waals surface area (Å²) in [5.74, 6) is -0.766. The van der Waals surface area contributed by atoms with Crippen molar-refractivity contribution in [3.05, 3.63) is 47.2 Å². The van der Waals surface area contributed by atoms with Gasteiger partial charge in [0.15, 0.2) is 5.11 Å². The first kappa shape index (κ1) is 22.2. The number of esters is 1. The standard InChI is InChI=1S/C19H22FN3O5S2/c1-12-16(18(24)27-3)17(13(2)28-12)30(25,26)23-10-8-22(9-11-23)19(29)21-15-6-4-14(20)5-7-15/h4-7H,8-11H2,1-3H3,(H,21,29). The summed E-state index contributed by atoms with van der Waals surface area (Å²) in [6.45, 7) is 4.10. The zero-order valence-electron chi connectivity index (χ0n) is 16.8. The molecule has 1 fully saturated rings. The van der Waals surface area contributed by atoms with Gasteiger partial charge in [-0.2, -0.15) is 4.31 Å². The van der Waals surface area contributed by atoms with Crippen molar-refractivity contribution in [1.29, 1.82) is 0 Å². The number of hydrogen-bond donors (Lipinski definition) is 1. The van der Waals surface area contributed by atoms with E-state index in [1.165, 1.54) is 37.4 Å². The Morgan fingerprint density at radius 2 is 1.73 bits per heavy atom. The van der Waals surface area contributed by atoms with E-state index < -0.39 is 16.0 Å². The summed E-state index contributed by atoms with van der Waals surface area (Å²) in [5.41, 5.74) is 0.564. The SMILES string of the molecule is COC(=O)c1c(C)oc(C)c1S(=O)(=O)N1CCN(C(=S)Nc2ccc(F)cc2)CC1. The van der Waals surface area contributed by atoms with E-state index in [-0.39, 0.29) is 40.9 Å². The first-order chi connectivity index (χ1) is 14.1. The molecule has 1 aliphatic heterocycles. The van der Waals surface area contributed by atoms with Crippen molar-refractivity contribution in [1.82, 2.24) is 9.21 Å². The molecule has 0 spiro atoms. The van der Waals surface area contributed by atoms with Gasteiger partial charge >= 0.3 is 5.97 Å². The minimum absolute atomic E-state index is 0.0778. The average Bonchev–Trinajstić information content (AvgIpc) is 3.03. The average molecular weight is 456 g/mol. The van der Waals surface area contributed by atoms with Gasteiger partial charge in [0, 0.05) is 31.9 Å². The van der Waals surface area contributed by atoms with Crippen molar-refractivity contribution in [3.8, 4) is 0 Å². The van der Waals surface area contributed by atoms with Crippen LogP contribution in [0.25, 0.3) is 0 Å². The number of rotatable bonds is 4. The summed E-state index contributed by atoms with van der Waals surface area (Å²) in [5, 5.41) is 3.44. The molecule has 1 N–H and O–H groups in total. The van der Waals surface area contributed by atoms with Gasteiger partial charge in [0.25, 0.3) is 0 Å². The van der Waals surface area contributed by atoms with Crippen LogP contribution in [0.4, 0.5) is 10.1 Å². The highest BCUT2D eigenvalue weighted by Gasteiger charge is 2.37. The van der Waals surface area contributed by atoms with Crippen LogP contribution in [0.1, 0.15) is 21.9 Å². The lowest BCUT2D eigenvalue weighted by molar-refractivity contribution is 0.0594. The Morgan fingerprint density at radius 1 is 1.13 bits per heavy atom. The van der Waals surface area contributed by atoms with Crippen LogP contribution in [0.15, 0.2) is 33.6 Å². The predicted molar refractivity (Wildman–Crippen MR) is 112 cm³/mol.